The van der Waals surface area contributed by atoms with Gasteiger partial charge in [-0.2, -0.15) is 0 Å². The van der Waals surface area contributed by atoms with Crippen molar-refractivity contribution in [1.29, 1.82) is 0 Å². The molecular weight excluding hydrogens is 396 g/mol. The van der Waals surface area contributed by atoms with Gasteiger partial charge in [0.05, 0.1) is 25.0 Å². The lowest BCUT2D eigenvalue weighted by molar-refractivity contribution is -0.384. The number of urea groups is 1. The Hall–Kier alpha value is -3.21. The second kappa shape index (κ2) is 11.1. The summed E-state index contributed by atoms with van der Waals surface area (Å²) in [5.41, 5.74) is 0.234. The minimum atomic E-state index is -0.543. The summed E-state index contributed by atoms with van der Waals surface area (Å²) in [5, 5.41) is 18.4. The van der Waals surface area contributed by atoms with Gasteiger partial charge in [-0.05, 0) is 18.4 Å². The first-order valence-corrected chi connectivity index (χ1v) is 9.50. The number of ether oxygens (including phenoxy) is 2. The van der Waals surface area contributed by atoms with Crippen molar-refractivity contribution in [2.24, 2.45) is 5.41 Å². The first-order chi connectivity index (χ1) is 14.3. The van der Waals surface area contributed by atoms with Gasteiger partial charge in [0.1, 0.15) is 0 Å². The Morgan fingerprint density at radius 1 is 1.13 bits per heavy atom. The van der Waals surface area contributed by atoms with E-state index in [1.165, 1.54) is 19.2 Å². The lowest BCUT2D eigenvalue weighted by atomic mass is 9.77. The van der Waals surface area contributed by atoms with E-state index in [0.717, 1.165) is 0 Å². The third-order valence-electron chi connectivity index (χ3n) is 4.97. The van der Waals surface area contributed by atoms with Crippen LogP contribution in [0.5, 0.6) is 0 Å². The third kappa shape index (κ3) is 7.32. The van der Waals surface area contributed by atoms with Gasteiger partial charge in [0.2, 0.25) is 5.91 Å². The van der Waals surface area contributed by atoms with Crippen LogP contribution in [-0.2, 0) is 25.6 Å². The molecule has 1 aliphatic heterocycles. The minimum Gasteiger partial charge on any atom is -0.469 e. The van der Waals surface area contributed by atoms with Crippen LogP contribution in [-0.4, -0.2) is 56.2 Å². The van der Waals surface area contributed by atoms with Crippen molar-refractivity contribution in [3.05, 3.63) is 39.9 Å². The molecule has 1 saturated heterocycles. The lowest BCUT2D eigenvalue weighted by Crippen LogP contribution is -2.46. The summed E-state index contributed by atoms with van der Waals surface area (Å²) < 4.78 is 10.1. The number of carbonyl (C=O) groups is 3. The van der Waals surface area contributed by atoms with Gasteiger partial charge in [-0.1, -0.05) is 12.1 Å². The van der Waals surface area contributed by atoms with Crippen LogP contribution in [0.1, 0.15) is 24.8 Å². The molecule has 1 aromatic carbocycles. The molecule has 1 aromatic rings. The molecule has 1 heterocycles. The van der Waals surface area contributed by atoms with Crippen molar-refractivity contribution in [3.63, 3.8) is 0 Å². The Morgan fingerprint density at radius 3 is 2.40 bits per heavy atom. The van der Waals surface area contributed by atoms with Crippen molar-refractivity contribution in [2.45, 2.75) is 25.8 Å². The second-order valence-corrected chi connectivity index (χ2v) is 7.10. The fraction of sp³-hybridized carbons (Fsp3) is 0.526. The van der Waals surface area contributed by atoms with E-state index >= 15 is 0 Å². The number of methoxy groups -OCH3 is 1. The van der Waals surface area contributed by atoms with E-state index in [4.69, 9.17) is 9.47 Å². The molecule has 0 radical (unpaired) electrons. The van der Waals surface area contributed by atoms with E-state index in [1.807, 2.05) is 0 Å². The monoisotopic (exact) mass is 422 g/mol. The molecule has 0 aliphatic carbocycles. The molecule has 0 saturated carbocycles. The maximum atomic E-state index is 12.1. The number of amides is 3. The van der Waals surface area contributed by atoms with E-state index in [1.54, 1.807) is 12.1 Å². The maximum absolute atomic E-state index is 12.1. The number of rotatable bonds is 9. The fourth-order valence-corrected chi connectivity index (χ4v) is 3.09. The van der Waals surface area contributed by atoms with E-state index < -0.39 is 16.4 Å². The molecular formula is C19H26N4O7. The molecule has 0 atom stereocenters. The maximum Gasteiger partial charge on any atom is 0.315 e. The van der Waals surface area contributed by atoms with Crippen LogP contribution in [0.25, 0.3) is 0 Å². The summed E-state index contributed by atoms with van der Waals surface area (Å²) >= 11 is 0. The molecule has 3 amide bonds. The van der Waals surface area contributed by atoms with Gasteiger partial charge in [-0.3, -0.25) is 19.7 Å². The highest BCUT2D eigenvalue weighted by atomic mass is 16.6. The van der Waals surface area contributed by atoms with Crippen molar-refractivity contribution < 1.29 is 28.8 Å². The van der Waals surface area contributed by atoms with Gasteiger partial charge in [0.25, 0.3) is 5.69 Å². The zero-order valence-corrected chi connectivity index (χ0v) is 16.8. The van der Waals surface area contributed by atoms with Gasteiger partial charge in [0.15, 0.2) is 0 Å². The number of hydrogen-bond acceptors (Lipinski definition) is 7. The molecule has 11 nitrogen and oxygen atoms in total. The predicted molar refractivity (Wildman–Crippen MR) is 105 cm³/mol. The van der Waals surface area contributed by atoms with Crippen LogP contribution in [0.3, 0.4) is 0 Å². The average Bonchev–Trinajstić information content (AvgIpc) is 2.75. The second-order valence-electron chi connectivity index (χ2n) is 7.10. The summed E-state index contributed by atoms with van der Waals surface area (Å²) in [4.78, 5) is 45.8. The average molecular weight is 422 g/mol. The predicted octanol–water partition coefficient (Wildman–Crippen LogP) is 0.870. The van der Waals surface area contributed by atoms with Crippen molar-refractivity contribution >= 4 is 23.6 Å². The summed E-state index contributed by atoms with van der Waals surface area (Å²) in [5.74, 6) is -0.717. The molecule has 0 unspecified atom stereocenters. The normalized spacial score (nSPS) is 15.0. The molecule has 3 N–H and O–H groups in total. The number of nitro groups is 1. The summed E-state index contributed by atoms with van der Waals surface area (Å²) in [6, 6.07) is 5.24. The largest absolute Gasteiger partial charge is 0.469 e. The van der Waals surface area contributed by atoms with Crippen LogP contribution in [0, 0.1) is 15.5 Å². The SMILES string of the molecule is COC(=O)CC1(CNC(=O)CNC(=O)NCc2ccc([N+](=O)[O-])cc2)CCOCC1. The van der Waals surface area contributed by atoms with E-state index in [9.17, 15) is 24.5 Å². The number of benzene rings is 1. The standard InChI is InChI=1S/C19H26N4O7/c1-29-17(25)10-19(6-8-30-9-7-19)13-22-16(24)12-21-18(26)20-11-14-2-4-15(5-3-14)23(27)28/h2-5H,6-13H2,1H3,(H,22,24)(H2,20,21,26). The quantitative estimate of drug-likeness (QED) is 0.304. The number of nitro benzene ring substituents is 1. The molecule has 0 bridgehead atoms. The van der Waals surface area contributed by atoms with Crippen LogP contribution < -0.4 is 16.0 Å². The minimum absolute atomic E-state index is 0.0330. The van der Waals surface area contributed by atoms with Gasteiger partial charge in [0, 0.05) is 43.9 Å². The first kappa shape index (κ1) is 23.1. The number of esters is 1. The molecule has 2 rings (SSSR count). The van der Waals surface area contributed by atoms with Gasteiger partial charge < -0.3 is 25.4 Å². The number of hydrogen-bond donors (Lipinski definition) is 3. The fourth-order valence-electron chi connectivity index (χ4n) is 3.09. The van der Waals surface area contributed by atoms with E-state index in [-0.39, 0.29) is 43.6 Å². The lowest BCUT2D eigenvalue weighted by Gasteiger charge is -2.36. The zero-order chi connectivity index (χ0) is 22.0. The highest BCUT2D eigenvalue weighted by molar-refractivity contribution is 5.84. The van der Waals surface area contributed by atoms with Gasteiger partial charge in [-0.15, -0.1) is 0 Å². The van der Waals surface area contributed by atoms with Crippen molar-refractivity contribution in [2.75, 3.05) is 33.4 Å². The Kier molecular flexibility index (Phi) is 8.54. The molecule has 164 valence electrons. The van der Waals surface area contributed by atoms with Gasteiger partial charge in [-0.25, -0.2) is 4.79 Å². The number of carbonyl (C=O) groups excluding carboxylic acids is 3. The molecule has 11 heteroatoms. The molecule has 0 spiro atoms. The van der Waals surface area contributed by atoms with Crippen LogP contribution in [0.2, 0.25) is 0 Å². The van der Waals surface area contributed by atoms with Crippen LogP contribution >= 0.6 is 0 Å². The summed E-state index contributed by atoms with van der Waals surface area (Å²) in [7, 11) is 1.33. The topological polar surface area (TPSA) is 149 Å². The number of non-ortho nitro benzene ring substituents is 1. The first-order valence-electron chi connectivity index (χ1n) is 9.50. The highest BCUT2D eigenvalue weighted by Crippen LogP contribution is 2.33. The Balaban J connectivity index is 1.72. The summed E-state index contributed by atoms with van der Waals surface area (Å²) in [6.45, 7) is 1.24. The summed E-state index contributed by atoms with van der Waals surface area (Å²) in [6.07, 6.45) is 1.45. The number of nitrogens with zero attached hydrogens (tertiary/aromatic N) is 1. The molecule has 0 aromatic heterocycles. The van der Waals surface area contributed by atoms with Crippen molar-refractivity contribution in [1.82, 2.24) is 16.0 Å². The Morgan fingerprint density at radius 2 is 1.80 bits per heavy atom. The molecule has 1 fully saturated rings. The van der Waals surface area contributed by atoms with Crippen molar-refractivity contribution in [3.8, 4) is 0 Å². The van der Waals surface area contributed by atoms with E-state index in [2.05, 4.69) is 16.0 Å². The third-order valence-corrected chi connectivity index (χ3v) is 4.97. The number of nitrogens with one attached hydrogen (secondary N) is 3. The van der Waals surface area contributed by atoms with Crippen LogP contribution in [0.4, 0.5) is 10.5 Å². The van der Waals surface area contributed by atoms with Crippen LogP contribution in [0.15, 0.2) is 24.3 Å². The molecule has 1 aliphatic rings. The smallest absolute Gasteiger partial charge is 0.315 e. The van der Waals surface area contributed by atoms with Gasteiger partial charge >= 0.3 is 12.0 Å². The highest BCUT2D eigenvalue weighted by Gasteiger charge is 2.35. The zero-order valence-electron chi connectivity index (χ0n) is 16.8. The Bertz CT molecular complexity index is 761. The Labute approximate surface area is 173 Å². The van der Waals surface area contributed by atoms with E-state index in [0.29, 0.717) is 31.6 Å². The molecule has 30 heavy (non-hydrogen) atoms.